The topological polar surface area (TPSA) is 44.8 Å². The van der Waals surface area contributed by atoms with E-state index in [1.807, 2.05) is 35.2 Å². The summed E-state index contributed by atoms with van der Waals surface area (Å²) in [5, 5.41) is 3.10. The van der Waals surface area contributed by atoms with E-state index in [1.54, 1.807) is 0 Å². The third-order valence-corrected chi connectivity index (χ3v) is 7.51. The number of carbonyl (C=O) groups excluding carboxylic acids is 1. The Bertz CT molecular complexity index is 1260. The summed E-state index contributed by atoms with van der Waals surface area (Å²) < 4.78 is 32.2. The summed E-state index contributed by atoms with van der Waals surface area (Å²) >= 11 is 0. The molecule has 5 nitrogen and oxygen atoms in total. The summed E-state index contributed by atoms with van der Waals surface area (Å²) in [6.45, 7) is 6.56. The number of nitrogens with zero attached hydrogens (tertiary/aromatic N) is 2. The Labute approximate surface area is 247 Å². The van der Waals surface area contributed by atoms with Gasteiger partial charge in [-0.1, -0.05) is 18.2 Å². The zero-order chi connectivity index (χ0) is 26.5. The maximum Gasteiger partial charge on any atom is 0.321 e. The number of anilines is 1. The Balaban J connectivity index is 0.00000220. The normalized spacial score (nSPS) is 16.0. The van der Waals surface area contributed by atoms with Crippen molar-refractivity contribution in [1.82, 2.24) is 9.80 Å². The molecule has 3 aromatic rings. The van der Waals surface area contributed by atoms with Crippen LogP contribution in [0.15, 0.2) is 60.7 Å². The van der Waals surface area contributed by atoms with E-state index in [2.05, 4.69) is 35.7 Å². The first kappa shape index (κ1) is 31.7. The van der Waals surface area contributed by atoms with E-state index in [0.29, 0.717) is 11.7 Å². The van der Waals surface area contributed by atoms with Crippen LogP contribution in [-0.2, 0) is 6.54 Å². The molecule has 40 heavy (non-hydrogen) atoms. The monoisotopic (exact) mass is 590 g/mol. The number of hydrogen-bond acceptors (Lipinski definition) is 3. The van der Waals surface area contributed by atoms with Crippen molar-refractivity contribution in [3.63, 3.8) is 0 Å². The van der Waals surface area contributed by atoms with Crippen molar-refractivity contribution in [1.29, 1.82) is 0 Å². The number of aryl methyl sites for hydroxylation is 1. The van der Waals surface area contributed by atoms with Crippen LogP contribution in [0.4, 0.5) is 19.3 Å². The Kier molecular flexibility index (Phi) is 11.6. The van der Waals surface area contributed by atoms with Crippen molar-refractivity contribution in [2.75, 3.05) is 31.5 Å². The van der Waals surface area contributed by atoms with E-state index >= 15 is 0 Å². The number of likely N-dealkylation sites (tertiary alicyclic amines) is 2. The van der Waals surface area contributed by atoms with Gasteiger partial charge < -0.3 is 15.0 Å². The van der Waals surface area contributed by atoms with Crippen molar-refractivity contribution >= 4 is 36.5 Å². The average Bonchev–Trinajstić information content (AvgIpc) is 2.94. The minimum atomic E-state index is -0.925. The van der Waals surface area contributed by atoms with Gasteiger partial charge in [0.25, 0.3) is 0 Å². The Hall–Kier alpha value is -2.87. The molecule has 0 atom stereocenters. The molecule has 5 rings (SSSR count). The molecule has 0 aromatic heterocycles. The van der Waals surface area contributed by atoms with Crippen molar-refractivity contribution in [3.05, 3.63) is 95.4 Å². The molecule has 1 N–H and O–H groups in total. The average molecular weight is 592 g/mol. The molecule has 2 aliphatic rings. The van der Waals surface area contributed by atoms with Gasteiger partial charge in [-0.15, -0.1) is 24.8 Å². The molecule has 1 radical (unpaired) electrons. The number of ether oxygens (including phenoxy) is 1. The van der Waals surface area contributed by atoms with E-state index in [1.165, 1.54) is 22.8 Å². The number of rotatable bonds is 6. The van der Waals surface area contributed by atoms with Gasteiger partial charge in [0.2, 0.25) is 0 Å². The molecule has 9 heteroatoms. The van der Waals surface area contributed by atoms with Gasteiger partial charge in [0.1, 0.15) is 11.5 Å². The van der Waals surface area contributed by atoms with Gasteiger partial charge in [0, 0.05) is 31.4 Å². The number of benzene rings is 3. The SMILES string of the molecule is Cc1ccc(NC(=O)N2CC[CH]CC2)cc1C1CCN(Cc2ccc(Oc3ccc(F)c(F)c3)cc2)CC1.Cl.Cl. The third-order valence-electron chi connectivity index (χ3n) is 7.51. The van der Waals surface area contributed by atoms with Crippen molar-refractivity contribution in [3.8, 4) is 11.5 Å². The summed E-state index contributed by atoms with van der Waals surface area (Å²) in [6, 6.07) is 17.5. The van der Waals surface area contributed by atoms with Gasteiger partial charge in [0.05, 0.1) is 0 Å². The van der Waals surface area contributed by atoms with E-state index in [4.69, 9.17) is 4.74 Å². The zero-order valence-corrected chi connectivity index (χ0v) is 24.2. The predicted octanol–water partition coefficient (Wildman–Crippen LogP) is 8.12. The Morgan fingerprint density at radius 2 is 1.55 bits per heavy atom. The van der Waals surface area contributed by atoms with Crippen LogP contribution in [0.5, 0.6) is 11.5 Å². The largest absolute Gasteiger partial charge is 0.457 e. The summed E-state index contributed by atoms with van der Waals surface area (Å²) in [5.41, 5.74) is 4.65. The lowest BCUT2D eigenvalue weighted by atomic mass is 9.86. The molecule has 2 amide bonds. The quantitative estimate of drug-likeness (QED) is 0.315. The van der Waals surface area contributed by atoms with Gasteiger partial charge >= 0.3 is 6.03 Å². The van der Waals surface area contributed by atoms with Gasteiger partial charge in [-0.05, 0) is 111 Å². The summed E-state index contributed by atoms with van der Waals surface area (Å²) in [6.07, 6.45) is 6.29. The van der Waals surface area contributed by atoms with Crippen LogP contribution in [0.1, 0.15) is 48.3 Å². The first-order valence-electron chi connectivity index (χ1n) is 13.4. The Morgan fingerprint density at radius 3 is 2.23 bits per heavy atom. The van der Waals surface area contributed by atoms with Crippen LogP contribution in [0.25, 0.3) is 0 Å². The lowest BCUT2D eigenvalue weighted by Crippen LogP contribution is -2.38. The number of urea groups is 1. The van der Waals surface area contributed by atoms with E-state index in [0.717, 1.165) is 76.2 Å². The molecule has 0 unspecified atom stereocenters. The van der Waals surface area contributed by atoms with Crippen LogP contribution < -0.4 is 10.1 Å². The molecule has 0 spiro atoms. The van der Waals surface area contributed by atoms with E-state index in [-0.39, 0.29) is 36.6 Å². The number of piperidine rings is 2. The molecular weight excluding hydrogens is 555 g/mol. The highest BCUT2D eigenvalue weighted by Crippen LogP contribution is 2.33. The molecule has 215 valence electrons. The molecular formula is C31H36Cl2F2N3O2. The minimum Gasteiger partial charge on any atom is -0.457 e. The number of carbonyl (C=O) groups is 1. The fraction of sp³-hybridized carbons (Fsp3) is 0.355. The highest BCUT2D eigenvalue weighted by Gasteiger charge is 2.23. The molecule has 0 bridgehead atoms. The van der Waals surface area contributed by atoms with Gasteiger partial charge in [0.15, 0.2) is 11.6 Å². The van der Waals surface area contributed by atoms with Gasteiger partial charge in [-0.2, -0.15) is 0 Å². The van der Waals surface area contributed by atoms with E-state index in [9.17, 15) is 13.6 Å². The van der Waals surface area contributed by atoms with Crippen molar-refractivity contribution in [2.24, 2.45) is 0 Å². The number of hydrogen-bond donors (Lipinski definition) is 1. The lowest BCUT2D eigenvalue weighted by Gasteiger charge is -2.33. The summed E-state index contributed by atoms with van der Waals surface area (Å²) in [5.74, 6) is -0.495. The van der Waals surface area contributed by atoms with Crippen LogP contribution in [-0.4, -0.2) is 42.0 Å². The van der Waals surface area contributed by atoms with Crippen LogP contribution in [0.2, 0.25) is 0 Å². The maximum atomic E-state index is 13.4. The molecule has 2 aliphatic heterocycles. The highest BCUT2D eigenvalue weighted by atomic mass is 35.5. The molecule has 3 aromatic carbocycles. The minimum absolute atomic E-state index is 0. The number of halogens is 4. The second-order valence-electron chi connectivity index (χ2n) is 10.2. The molecule has 2 heterocycles. The smallest absolute Gasteiger partial charge is 0.321 e. The summed E-state index contributed by atoms with van der Waals surface area (Å²) in [4.78, 5) is 17.0. The second kappa shape index (κ2) is 14.7. The van der Waals surface area contributed by atoms with E-state index < -0.39 is 11.6 Å². The van der Waals surface area contributed by atoms with Crippen molar-refractivity contribution < 1.29 is 18.3 Å². The van der Waals surface area contributed by atoms with Crippen LogP contribution in [0, 0.1) is 25.0 Å². The first-order valence-corrected chi connectivity index (χ1v) is 13.4. The molecule has 2 fully saturated rings. The molecule has 0 aliphatic carbocycles. The zero-order valence-electron chi connectivity index (χ0n) is 22.6. The van der Waals surface area contributed by atoms with Gasteiger partial charge in [-0.3, -0.25) is 4.90 Å². The fourth-order valence-electron chi connectivity index (χ4n) is 5.31. The van der Waals surface area contributed by atoms with Crippen LogP contribution >= 0.6 is 24.8 Å². The highest BCUT2D eigenvalue weighted by molar-refractivity contribution is 5.89. The van der Waals surface area contributed by atoms with Crippen LogP contribution in [0.3, 0.4) is 0 Å². The maximum absolute atomic E-state index is 13.4. The Morgan fingerprint density at radius 1 is 0.875 bits per heavy atom. The standard InChI is InChI=1S/C31H34F2N3O2.2ClH/c1-22-5-8-25(34-31(37)36-15-3-2-4-16-36)19-28(22)24-13-17-35(18-14-24)21-23-6-9-26(10-7-23)38-27-11-12-29(32)30(33)20-27;;/h2,5-12,19-20,24H,3-4,13-18,21H2,1H3,(H,34,37);2*1H. The first-order chi connectivity index (χ1) is 18.4. The molecule has 0 saturated carbocycles. The fourth-order valence-corrected chi connectivity index (χ4v) is 5.31. The van der Waals surface area contributed by atoms with Gasteiger partial charge in [-0.25, -0.2) is 13.6 Å². The number of amides is 2. The number of nitrogens with one attached hydrogen (secondary N) is 1. The predicted molar refractivity (Wildman–Crippen MR) is 160 cm³/mol. The third kappa shape index (κ3) is 8.09. The lowest BCUT2D eigenvalue weighted by molar-refractivity contribution is 0.204. The second-order valence-corrected chi connectivity index (χ2v) is 10.2. The summed E-state index contributed by atoms with van der Waals surface area (Å²) in [7, 11) is 0. The molecule has 2 saturated heterocycles. The van der Waals surface area contributed by atoms with Crippen molar-refractivity contribution in [2.45, 2.75) is 45.1 Å².